The van der Waals surface area contributed by atoms with E-state index < -0.39 is 0 Å². The van der Waals surface area contributed by atoms with Crippen molar-refractivity contribution in [3.63, 3.8) is 0 Å². The van der Waals surface area contributed by atoms with E-state index in [9.17, 15) is 4.79 Å². The first-order chi connectivity index (χ1) is 13.9. The van der Waals surface area contributed by atoms with Gasteiger partial charge in [-0.25, -0.2) is 0 Å². The van der Waals surface area contributed by atoms with Gasteiger partial charge in [0.25, 0.3) is 5.91 Å². The number of thiophene rings is 1. The number of nitrogens with one attached hydrogen (secondary N) is 2. The number of amides is 1. The number of carbonyl (C=O) groups is 1. The minimum atomic E-state index is -0.191. The lowest BCUT2D eigenvalue weighted by atomic mass is 9.69. The minimum absolute atomic E-state index is 0.0717. The second kappa shape index (κ2) is 6.63. The summed E-state index contributed by atoms with van der Waals surface area (Å²) in [5, 5.41) is 9.10. The van der Waals surface area contributed by atoms with Crippen molar-refractivity contribution in [1.82, 2.24) is 9.88 Å². The monoisotopic (exact) mass is 407 g/mol. The molecule has 0 saturated carbocycles. The van der Waals surface area contributed by atoms with Crippen molar-refractivity contribution in [2.75, 3.05) is 5.32 Å². The number of fused-ring (bicyclic) bond motifs is 4. The Hall–Kier alpha value is -2.27. The Labute approximate surface area is 176 Å². The molecule has 1 aromatic carbocycles. The summed E-state index contributed by atoms with van der Waals surface area (Å²) in [7, 11) is 2.06. The topological polar surface area (TPSA) is 46.1 Å². The van der Waals surface area contributed by atoms with Gasteiger partial charge < -0.3 is 15.2 Å². The van der Waals surface area contributed by atoms with Crippen LogP contribution in [0, 0.1) is 11.3 Å². The van der Waals surface area contributed by atoms with Gasteiger partial charge in [0.2, 0.25) is 0 Å². The second-order valence-corrected chi connectivity index (χ2v) is 10.4. The fraction of sp³-hybridized carbons (Fsp3) is 0.458. The first kappa shape index (κ1) is 18.7. The molecule has 0 fully saturated rings. The number of rotatable bonds is 3. The molecule has 2 N–H and O–H groups in total. The van der Waals surface area contributed by atoms with E-state index in [2.05, 4.69) is 73.5 Å². The molecule has 2 aliphatic rings. The number of hydrogen-bond donors (Lipinski definition) is 2. The lowest BCUT2D eigenvalue weighted by Crippen LogP contribution is -2.38. The van der Waals surface area contributed by atoms with Crippen molar-refractivity contribution in [3.8, 4) is 0 Å². The van der Waals surface area contributed by atoms with Crippen LogP contribution in [-0.4, -0.2) is 10.5 Å². The highest BCUT2D eigenvalue weighted by Gasteiger charge is 2.37. The number of para-hydroxylation sites is 1. The van der Waals surface area contributed by atoms with Crippen LogP contribution in [0.1, 0.15) is 66.1 Å². The van der Waals surface area contributed by atoms with Crippen molar-refractivity contribution >= 4 is 33.1 Å². The van der Waals surface area contributed by atoms with Gasteiger partial charge in [-0.3, -0.25) is 4.79 Å². The molecule has 29 heavy (non-hydrogen) atoms. The van der Waals surface area contributed by atoms with E-state index >= 15 is 0 Å². The lowest BCUT2D eigenvalue weighted by molar-refractivity contribution is 0.0935. The molecule has 152 valence electrons. The van der Waals surface area contributed by atoms with Crippen molar-refractivity contribution in [2.45, 2.75) is 52.6 Å². The maximum atomic E-state index is 13.1. The molecule has 1 aliphatic heterocycles. The van der Waals surface area contributed by atoms with Crippen molar-refractivity contribution < 1.29 is 4.79 Å². The van der Waals surface area contributed by atoms with Gasteiger partial charge in [0.1, 0.15) is 11.2 Å². The molecule has 1 aliphatic carbocycles. The fourth-order valence-electron chi connectivity index (χ4n) is 5.01. The quantitative estimate of drug-likeness (QED) is 0.591. The highest BCUT2D eigenvalue weighted by atomic mass is 32.1. The summed E-state index contributed by atoms with van der Waals surface area (Å²) in [5.41, 5.74) is 4.84. The van der Waals surface area contributed by atoms with E-state index in [1.54, 1.807) is 11.3 Å². The molecule has 0 radical (unpaired) electrons. The number of nitrogens with zero attached hydrogens (tertiary/aromatic N) is 1. The van der Waals surface area contributed by atoms with E-state index in [1.165, 1.54) is 34.2 Å². The summed E-state index contributed by atoms with van der Waals surface area (Å²) in [6.07, 6.45) is 6.42. The van der Waals surface area contributed by atoms with Crippen LogP contribution in [0.3, 0.4) is 0 Å². The van der Waals surface area contributed by atoms with Gasteiger partial charge in [-0.15, -0.1) is 11.3 Å². The number of hydrogen-bond acceptors (Lipinski definition) is 3. The predicted molar refractivity (Wildman–Crippen MR) is 121 cm³/mol. The average Bonchev–Trinajstić information content (AvgIpc) is 3.25. The summed E-state index contributed by atoms with van der Waals surface area (Å²) >= 11 is 1.80. The second-order valence-electron chi connectivity index (χ2n) is 9.25. The summed E-state index contributed by atoms with van der Waals surface area (Å²) < 4.78 is 2.13. The number of anilines is 1. The number of aryl methyl sites for hydroxylation is 1. The maximum Gasteiger partial charge on any atom is 0.256 e. The first-order valence-corrected chi connectivity index (χ1v) is 11.5. The molecular formula is C24H29N3OS. The highest BCUT2D eigenvalue weighted by Crippen LogP contribution is 2.47. The fourth-order valence-corrected chi connectivity index (χ4v) is 6.37. The molecule has 3 heterocycles. The van der Waals surface area contributed by atoms with Crippen LogP contribution in [0.2, 0.25) is 0 Å². The maximum absolute atomic E-state index is 13.1. The van der Waals surface area contributed by atoms with Crippen LogP contribution < -0.4 is 10.6 Å². The van der Waals surface area contributed by atoms with Crippen LogP contribution in [0.15, 0.2) is 30.5 Å². The Morgan fingerprint density at radius 3 is 2.83 bits per heavy atom. The lowest BCUT2D eigenvalue weighted by Gasteiger charge is -2.36. The average molecular weight is 408 g/mol. The Kier molecular flexibility index (Phi) is 4.28. The standard InChI is InChI=1S/C24H29N3OS/c1-5-24(2,3)14-10-11-16-19(12-14)29-23-20(16)22(28)25-21(26-23)17-13-27(4)18-9-7-6-8-15(17)18/h6-9,13-14,21,26H,5,10-12H2,1-4H3,(H,25,28)/t14-,21+/m0/s1. The van der Waals surface area contributed by atoms with Gasteiger partial charge in [-0.2, -0.15) is 0 Å². The highest BCUT2D eigenvalue weighted by molar-refractivity contribution is 7.16. The summed E-state index contributed by atoms with van der Waals surface area (Å²) in [6.45, 7) is 7.06. The molecular weight excluding hydrogens is 378 g/mol. The van der Waals surface area contributed by atoms with Gasteiger partial charge in [0.05, 0.1) is 5.56 Å². The minimum Gasteiger partial charge on any atom is -0.353 e. The number of aromatic nitrogens is 1. The van der Waals surface area contributed by atoms with Crippen LogP contribution in [0.5, 0.6) is 0 Å². The van der Waals surface area contributed by atoms with Crippen molar-refractivity contribution in [2.24, 2.45) is 18.4 Å². The third-order valence-corrected chi connectivity index (χ3v) is 8.48. The summed E-state index contributed by atoms with van der Waals surface area (Å²) in [4.78, 5) is 14.5. The van der Waals surface area contributed by atoms with Gasteiger partial charge in [0.15, 0.2) is 0 Å². The van der Waals surface area contributed by atoms with Crippen LogP contribution in [0.25, 0.3) is 10.9 Å². The number of carbonyl (C=O) groups excluding carboxylic acids is 1. The van der Waals surface area contributed by atoms with Gasteiger partial charge in [-0.05, 0) is 42.2 Å². The molecule has 5 rings (SSSR count). The SMILES string of the molecule is CCC(C)(C)[C@H]1CCc2c(sc3c2C(=O)N[C@@H](c2cn(C)c4ccccc24)N3)C1. The molecule has 2 atom stereocenters. The summed E-state index contributed by atoms with van der Waals surface area (Å²) in [5.74, 6) is 0.763. The van der Waals surface area contributed by atoms with Gasteiger partial charge >= 0.3 is 0 Å². The normalized spacial score (nSPS) is 21.4. The Morgan fingerprint density at radius 2 is 2.03 bits per heavy atom. The molecule has 4 nitrogen and oxygen atoms in total. The van der Waals surface area contributed by atoms with Gasteiger partial charge in [-0.1, -0.05) is 45.4 Å². The largest absolute Gasteiger partial charge is 0.353 e. The Morgan fingerprint density at radius 1 is 1.24 bits per heavy atom. The zero-order valence-corrected chi connectivity index (χ0v) is 18.5. The molecule has 1 amide bonds. The molecule has 0 saturated heterocycles. The molecule has 0 bridgehead atoms. The third kappa shape index (κ3) is 2.90. The van der Waals surface area contributed by atoms with Crippen molar-refractivity contribution in [1.29, 1.82) is 0 Å². The van der Waals surface area contributed by atoms with Crippen LogP contribution >= 0.6 is 11.3 Å². The molecule has 3 aromatic rings. The number of benzene rings is 1. The van der Waals surface area contributed by atoms with Crippen molar-refractivity contribution in [3.05, 3.63) is 52.0 Å². The molecule has 0 unspecified atom stereocenters. The zero-order valence-electron chi connectivity index (χ0n) is 17.6. The summed E-state index contributed by atoms with van der Waals surface area (Å²) in [6, 6.07) is 8.36. The van der Waals surface area contributed by atoms with E-state index in [0.29, 0.717) is 11.3 Å². The molecule has 5 heteroatoms. The van der Waals surface area contributed by atoms with Crippen LogP contribution in [-0.2, 0) is 19.9 Å². The molecule has 2 aromatic heterocycles. The smallest absolute Gasteiger partial charge is 0.256 e. The Balaban J connectivity index is 1.50. The molecule has 0 spiro atoms. The van der Waals surface area contributed by atoms with Gasteiger partial charge in [0, 0.05) is 34.6 Å². The van der Waals surface area contributed by atoms with E-state index in [0.717, 1.165) is 29.0 Å². The Bertz CT molecular complexity index is 1110. The zero-order chi connectivity index (χ0) is 20.3. The van der Waals surface area contributed by atoms with E-state index in [-0.39, 0.29) is 12.1 Å². The first-order valence-electron chi connectivity index (χ1n) is 10.6. The predicted octanol–water partition coefficient (Wildman–Crippen LogP) is 5.64. The third-order valence-electron chi connectivity index (χ3n) is 7.30. The van der Waals surface area contributed by atoms with E-state index in [4.69, 9.17) is 0 Å². The van der Waals surface area contributed by atoms with Crippen LogP contribution in [0.4, 0.5) is 5.00 Å². The van der Waals surface area contributed by atoms with E-state index in [1.807, 2.05) is 0 Å².